The van der Waals surface area contributed by atoms with Gasteiger partial charge in [0.05, 0.1) is 19.1 Å². The smallest absolute Gasteiger partial charge is 0.410 e. The lowest BCUT2D eigenvalue weighted by molar-refractivity contribution is -0.0225. The minimum absolute atomic E-state index is 0.0162. The number of amides is 1. The van der Waals surface area contributed by atoms with E-state index in [4.69, 9.17) is 18.6 Å². The molecule has 3 heterocycles. The molecule has 0 atom stereocenters. The maximum absolute atomic E-state index is 13.2. The largest absolute Gasteiger partial charge is 0.497 e. The standard InChI is InChI=1S/C29H31NO7/c1-17-20-14-21-22(31)16-29(10-12-30(13-11-29)27(33)37-28(2,3)4)36-24(21)15-23(20)35-26(17)25(32)18-6-8-19(34-5)9-7-18/h6-9,14-15H,10-13,16H2,1-5H3. The van der Waals surface area contributed by atoms with Gasteiger partial charge in [0.15, 0.2) is 11.5 Å². The molecule has 37 heavy (non-hydrogen) atoms. The second kappa shape index (κ2) is 8.94. The topological polar surface area (TPSA) is 95.3 Å². The second-order valence-corrected chi connectivity index (χ2v) is 10.8. The van der Waals surface area contributed by atoms with Gasteiger partial charge in [-0.1, -0.05) is 0 Å². The predicted molar refractivity (Wildman–Crippen MR) is 137 cm³/mol. The van der Waals surface area contributed by atoms with Gasteiger partial charge < -0.3 is 23.5 Å². The van der Waals surface area contributed by atoms with Crippen LogP contribution in [0.25, 0.3) is 11.0 Å². The summed E-state index contributed by atoms with van der Waals surface area (Å²) in [4.78, 5) is 40.5. The second-order valence-electron chi connectivity index (χ2n) is 10.8. The Balaban J connectivity index is 1.39. The highest BCUT2D eigenvalue weighted by molar-refractivity contribution is 6.11. The number of ketones is 2. The fourth-order valence-electron chi connectivity index (χ4n) is 5.00. The number of likely N-dealkylation sites (tertiary alicyclic amines) is 1. The summed E-state index contributed by atoms with van der Waals surface area (Å²) in [5.74, 6) is 1.08. The van der Waals surface area contributed by atoms with Crippen LogP contribution in [0.2, 0.25) is 0 Å². The van der Waals surface area contributed by atoms with E-state index in [9.17, 15) is 14.4 Å². The molecule has 2 aliphatic heterocycles. The van der Waals surface area contributed by atoms with Crippen LogP contribution >= 0.6 is 0 Å². The van der Waals surface area contributed by atoms with E-state index in [2.05, 4.69) is 0 Å². The maximum atomic E-state index is 13.2. The molecule has 0 radical (unpaired) electrons. The number of carbonyl (C=O) groups is 3. The molecule has 1 aromatic heterocycles. The van der Waals surface area contributed by atoms with Gasteiger partial charge in [-0.2, -0.15) is 0 Å². The van der Waals surface area contributed by atoms with Gasteiger partial charge in [0.1, 0.15) is 28.3 Å². The summed E-state index contributed by atoms with van der Waals surface area (Å²) in [6, 6.07) is 10.3. The molecule has 0 N–H and O–H groups in total. The number of ether oxygens (including phenoxy) is 3. The molecule has 5 rings (SSSR count). The molecule has 1 spiro atoms. The number of aryl methyl sites for hydroxylation is 1. The normalized spacial score (nSPS) is 16.9. The van der Waals surface area contributed by atoms with E-state index < -0.39 is 11.2 Å². The molecular weight excluding hydrogens is 474 g/mol. The van der Waals surface area contributed by atoms with Crippen LogP contribution in [-0.2, 0) is 4.74 Å². The summed E-state index contributed by atoms with van der Waals surface area (Å²) in [7, 11) is 1.57. The number of carbonyl (C=O) groups excluding carboxylic acids is 3. The molecule has 1 amide bonds. The molecule has 0 bridgehead atoms. The molecule has 1 saturated heterocycles. The lowest BCUT2D eigenvalue weighted by atomic mass is 9.82. The number of fused-ring (bicyclic) bond motifs is 2. The van der Waals surface area contributed by atoms with Crippen LogP contribution in [0.15, 0.2) is 40.8 Å². The number of hydrogen-bond donors (Lipinski definition) is 0. The third-order valence-corrected chi connectivity index (χ3v) is 7.03. The van der Waals surface area contributed by atoms with Crippen molar-refractivity contribution in [1.29, 1.82) is 0 Å². The lowest BCUT2D eigenvalue weighted by Crippen LogP contribution is -2.52. The van der Waals surface area contributed by atoms with E-state index in [-0.39, 0.29) is 29.8 Å². The quantitative estimate of drug-likeness (QED) is 0.420. The van der Waals surface area contributed by atoms with Crippen LogP contribution in [0, 0.1) is 6.92 Å². The first-order valence-corrected chi connectivity index (χ1v) is 12.4. The SMILES string of the molecule is COc1ccc(C(=O)c2oc3cc4c(cc3c2C)C(=O)CC2(CCN(C(=O)OC(C)(C)C)CC2)O4)cc1. The number of piperidine rings is 1. The van der Waals surface area contributed by atoms with E-state index >= 15 is 0 Å². The van der Waals surface area contributed by atoms with E-state index in [1.54, 1.807) is 48.4 Å². The molecule has 8 heteroatoms. The van der Waals surface area contributed by atoms with E-state index in [0.29, 0.717) is 65.1 Å². The minimum Gasteiger partial charge on any atom is -0.497 e. The highest BCUT2D eigenvalue weighted by Crippen LogP contribution is 2.42. The van der Waals surface area contributed by atoms with Gasteiger partial charge in [0, 0.05) is 48.5 Å². The van der Waals surface area contributed by atoms with Gasteiger partial charge >= 0.3 is 6.09 Å². The van der Waals surface area contributed by atoms with Gasteiger partial charge in [-0.25, -0.2) is 4.79 Å². The Morgan fingerprint density at radius 3 is 2.35 bits per heavy atom. The molecule has 2 aliphatic rings. The summed E-state index contributed by atoms with van der Waals surface area (Å²) < 4.78 is 23.1. The summed E-state index contributed by atoms with van der Waals surface area (Å²) in [5.41, 5.74) is 0.889. The first kappa shape index (κ1) is 24.9. The van der Waals surface area contributed by atoms with Crippen molar-refractivity contribution in [1.82, 2.24) is 4.90 Å². The van der Waals surface area contributed by atoms with Crippen LogP contribution < -0.4 is 9.47 Å². The molecule has 1 fully saturated rings. The summed E-state index contributed by atoms with van der Waals surface area (Å²) in [5, 5.41) is 0.711. The van der Waals surface area contributed by atoms with Gasteiger partial charge in [0.2, 0.25) is 5.78 Å². The Labute approximate surface area is 215 Å². The molecular formula is C29H31NO7. The van der Waals surface area contributed by atoms with Crippen LogP contribution in [-0.4, -0.2) is 54.0 Å². The van der Waals surface area contributed by atoms with Crippen molar-refractivity contribution in [3.05, 3.63) is 58.8 Å². The summed E-state index contributed by atoms with van der Waals surface area (Å²) >= 11 is 0. The zero-order valence-electron chi connectivity index (χ0n) is 21.8. The highest BCUT2D eigenvalue weighted by Gasteiger charge is 2.44. The molecule has 3 aromatic rings. The van der Waals surface area contributed by atoms with E-state index in [1.165, 1.54) is 0 Å². The molecule has 0 unspecified atom stereocenters. The van der Waals surface area contributed by atoms with Gasteiger partial charge in [-0.15, -0.1) is 0 Å². The Morgan fingerprint density at radius 1 is 1.05 bits per heavy atom. The van der Waals surface area contributed by atoms with Crippen molar-refractivity contribution >= 4 is 28.6 Å². The molecule has 2 aromatic carbocycles. The first-order valence-electron chi connectivity index (χ1n) is 12.4. The van der Waals surface area contributed by atoms with E-state index in [0.717, 1.165) is 0 Å². The fraction of sp³-hybridized carbons (Fsp3) is 0.414. The van der Waals surface area contributed by atoms with Crippen molar-refractivity contribution < 1.29 is 33.0 Å². The van der Waals surface area contributed by atoms with Crippen LogP contribution in [0.5, 0.6) is 11.5 Å². The zero-order valence-corrected chi connectivity index (χ0v) is 21.8. The summed E-state index contributed by atoms with van der Waals surface area (Å²) in [6.45, 7) is 8.22. The molecule has 194 valence electrons. The fourth-order valence-corrected chi connectivity index (χ4v) is 5.00. The third kappa shape index (κ3) is 4.68. The Kier molecular flexibility index (Phi) is 6.01. The van der Waals surface area contributed by atoms with Gasteiger partial charge in [0.25, 0.3) is 0 Å². The number of rotatable bonds is 3. The molecule has 0 saturated carbocycles. The number of Topliss-reactive ketones (excluding diaryl/α,β-unsaturated/α-hetero) is 1. The number of hydrogen-bond acceptors (Lipinski definition) is 7. The summed E-state index contributed by atoms with van der Waals surface area (Å²) in [6.07, 6.45) is 0.927. The Morgan fingerprint density at radius 2 is 1.73 bits per heavy atom. The maximum Gasteiger partial charge on any atom is 0.410 e. The highest BCUT2D eigenvalue weighted by atomic mass is 16.6. The number of nitrogens with zero attached hydrogens (tertiary/aromatic N) is 1. The number of benzene rings is 2. The Hall–Kier alpha value is -3.81. The van der Waals surface area contributed by atoms with Crippen LogP contribution in [0.1, 0.15) is 72.1 Å². The Bertz CT molecular complexity index is 1390. The average Bonchev–Trinajstić information content (AvgIpc) is 3.17. The van der Waals surface area contributed by atoms with Crippen molar-refractivity contribution in [2.75, 3.05) is 20.2 Å². The third-order valence-electron chi connectivity index (χ3n) is 7.03. The minimum atomic E-state index is -0.681. The molecule has 8 nitrogen and oxygen atoms in total. The van der Waals surface area contributed by atoms with Crippen LogP contribution in [0.3, 0.4) is 0 Å². The van der Waals surface area contributed by atoms with Crippen molar-refractivity contribution in [2.24, 2.45) is 0 Å². The van der Waals surface area contributed by atoms with Crippen molar-refractivity contribution in [3.8, 4) is 11.5 Å². The van der Waals surface area contributed by atoms with Crippen molar-refractivity contribution in [3.63, 3.8) is 0 Å². The van der Waals surface area contributed by atoms with Crippen LogP contribution in [0.4, 0.5) is 4.79 Å². The average molecular weight is 506 g/mol. The number of furan rings is 1. The van der Waals surface area contributed by atoms with E-state index in [1.807, 2.05) is 27.7 Å². The predicted octanol–water partition coefficient (Wildman–Crippen LogP) is 5.72. The van der Waals surface area contributed by atoms with Gasteiger partial charge in [-0.3, -0.25) is 9.59 Å². The number of methoxy groups -OCH3 is 1. The first-order chi connectivity index (χ1) is 17.5. The molecule has 0 aliphatic carbocycles. The lowest BCUT2D eigenvalue weighted by Gasteiger charge is -2.43. The zero-order chi connectivity index (χ0) is 26.5. The van der Waals surface area contributed by atoms with Gasteiger partial charge in [-0.05, 0) is 58.0 Å². The van der Waals surface area contributed by atoms with Crippen molar-refractivity contribution in [2.45, 2.75) is 58.2 Å². The monoisotopic (exact) mass is 505 g/mol.